The van der Waals surface area contributed by atoms with E-state index >= 15 is 0 Å². The monoisotopic (exact) mass is 298 g/mol. The van der Waals surface area contributed by atoms with Crippen molar-refractivity contribution < 1.29 is 8.42 Å². The van der Waals surface area contributed by atoms with Crippen LogP contribution in [0, 0.1) is 24.7 Å². The molecule has 0 fully saturated rings. The lowest BCUT2D eigenvalue weighted by molar-refractivity contribution is 0.289. The molecule has 0 aromatic heterocycles. The second-order valence-electron chi connectivity index (χ2n) is 6.03. The summed E-state index contributed by atoms with van der Waals surface area (Å²) in [6.45, 7) is 10.7. The van der Waals surface area contributed by atoms with Gasteiger partial charge in [-0.15, -0.1) is 0 Å². The van der Waals surface area contributed by atoms with Crippen molar-refractivity contribution in [3.63, 3.8) is 0 Å². The molecule has 0 saturated heterocycles. The van der Waals surface area contributed by atoms with Gasteiger partial charge in [0.1, 0.15) is 0 Å². The smallest absolute Gasteiger partial charge is 0.240 e. The van der Waals surface area contributed by atoms with Crippen LogP contribution in [0.4, 0.5) is 5.69 Å². The number of aryl methyl sites for hydroxylation is 1. The van der Waals surface area contributed by atoms with Gasteiger partial charge >= 0.3 is 0 Å². The first-order valence-electron chi connectivity index (χ1n) is 7.01. The van der Waals surface area contributed by atoms with Crippen LogP contribution in [0.1, 0.15) is 33.3 Å². The molecule has 0 saturated carbocycles. The zero-order valence-corrected chi connectivity index (χ0v) is 13.8. The third-order valence-electron chi connectivity index (χ3n) is 3.72. The molecule has 0 aliphatic rings. The lowest BCUT2D eigenvalue weighted by Gasteiger charge is -2.25. The number of hydrogen-bond donors (Lipinski definition) is 2. The van der Waals surface area contributed by atoms with Gasteiger partial charge in [0, 0.05) is 12.2 Å². The summed E-state index contributed by atoms with van der Waals surface area (Å²) in [6.07, 6.45) is 0. The first-order chi connectivity index (χ1) is 9.15. The molecule has 5 heteroatoms. The average molecular weight is 298 g/mol. The molecular formula is C15H26N2O2S. The van der Waals surface area contributed by atoms with E-state index in [1.165, 1.54) is 6.07 Å². The van der Waals surface area contributed by atoms with E-state index in [-0.39, 0.29) is 4.90 Å². The second kappa shape index (κ2) is 6.59. The van der Waals surface area contributed by atoms with Crippen molar-refractivity contribution in [3.05, 3.63) is 23.8 Å². The summed E-state index contributed by atoms with van der Waals surface area (Å²) in [5.41, 5.74) is 6.85. The van der Waals surface area contributed by atoms with Gasteiger partial charge in [-0.05, 0) is 42.4 Å². The zero-order chi connectivity index (χ0) is 15.5. The van der Waals surface area contributed by atoms with Crippen molar-refractivity contribution in [3.8, 4) is 0 Å². The highest BCUT2D eigenvalue weighted by Gasteiger charge is 2.22. The Morgan fingerprint density at radius 2 is 1.70 bits per heavy atom. The lowest BCUT2D eigenvalue weighted by Crippen LogP contribution is -2.34. The number of nitrogen functional groups attached to an aromatic ring is 1. The normalized spacial score (nSPS) is 12.6. The van der Waals surface area contributed by atoms with E-state index in [1.54, 1.807) is 19.1 Å². The first kappa shape index (κ1) is 17.0. The number of nitrogens with two attached hydrogens (primary N) is 1. The van der Waals surface area contributed by atoms with Crippen LogP contribution in [-0.4, -0.2) is 15.0 Å². The van der Waals surface area contributed by atoms with Crippen molar-refractivity contribution in [2.45, 2.75) is 39.5 Å². The molecule has 1 aromatic carbocycles. The highest BCUT2D eigenvalue weighted by Crippen LogP contribution is 2.22. The molecule has 1 aromatic rings. The van der Waals surface area contributed by atoms with Crippen molar-refractivity contribution in [1.29, 1.82) is 0 Å². The van der Waals surface area contributed by atoms with Gasteiger partial charge in [0.2, 0.25) is 10.0 Å². The summed E-state index contributed by atoms with van der Waals surface area (Å²) in [6, 6.07) is 4.95. The summed E-state index contributed by atoms with van der Waals surface area (Å²) in [4.78, 5) is 0.267. The second-order valence-corrected chi connectivity index (χ2v) is 7.76. The third-order valence-corrected chi connectivity index (χ3v) is 5.29. The maximum absolute atomic E-state index is 12.4. The van der Waals surface area contributed by atoms with Crippen LogP contribution in [-0.2, 0) is 10.0 Å². The minimum absolute atomic E-state index is 0.267. The fourth-order valence-electron chi connectivity index (χ4n) is 2.43. The van der Waals surface area contributed by atoms with Crippen molar-refractivity contribution in [2.75, 3.05) is 12.3 Å². The van der Waals surface area contributed by atoms with Crippen LogP contribution in [0.2, 0.25) is 0 Å². The van der Waals surface area contributed by atoms with E-state index < -0.39 is 10.0 Å². The minimum atomic E-state index is -3.51. The van der Waals surface area contributed by atoms with E-state index in [1.807, 2.05) is 0 Å². The predicted octanol–water partition coefficient (Wildman–Crippen LogP) is 2.78. The molecule has 0 heterocycles. The lowest BCUT2D eigenvalue weighted by atomic mass is 9.86. The average Bonchev–Trinajstić information content (AvgIpc) is 2.31. The fraction of sp³-hybridized carbons (Fsp3) is 0.600. The molecule has 0 unspecified atom stereocenters. The van der Waals surface area contributed by atoms with E-state index in [2.05, 4.69) is 32.4 Å². The largest absolute Gasteiger partial charge is 0.399 e. The van der Waals surface area contributed by atoms with Gasteiger partial charge in [0.15, 0.2) is 0 Å². The molecular weight excluding hydrogens is 272 g/mol. The maximum atomic E-state index is 12.4. The minimum Gasteiger partial charge on any atom is -0.399 e. The van der Waals surface area contributed by atoms with E-state index in [9.17, 15) is 8.42 Å². The molecule has 20 heavy (non-hydrogen) atoms. The molecule has 0 aliphatic heterocycles. The number of nitrogens with one attached hydrogen (secondary N) is 1. The number of anilines is 1. The van der Waals surface area contributed by atoms with Gasteiger partial charge in [0.25, 0.3) is 0 Å². The SMILES string of the molecule is Cc1ccc(N)cc1S(=O)(=O)NCC(C(C)C)C(C)C. The van der Waals surface area contributed by atoms with Crippen LogP contribution in [0.5, 0.6) is 0 Å². The first-order valence-corrected chi connectivity index (χ1v) is 8.49. The highest BCUT2D eigenvalue weighted by molar-refractivity contribution is 7.89. The molecule has 1 rings (SSSR count). The maximum Gasteiger partial charge on any atom is 0.240 e. The Labute approximate surface area is 122 Å². The van der Waals surface area contributed by atoms with Crippen LogP contribution < -0.4 is 10.5 Å². The Bertz CT molecular complexity index is 543. The Morgan fingerprint density at radius 1 is 1.15 bits per heavy atom. The van der Waals surface area contributed by atoms with Crippen LogP contribution in [0.3, 0.4) is 0 Å². The van der Waals surface area contributed by atoms with Gasteiger partial charge in [0.05, 0.1) is 4.90 Å². The molecule has 0 radical (unpaired) electrons. The van der Waals surface area contributed by atoms with Gasteiger partial charge in [-0.25, -0.2) is 13.1 Å². The van der Waals surface area contributed by atoms with Gasteiger partial charge < -0.3 is 5.73 Å². The van der Waals surface area contributed by atoms with E-state index in [0.717, 1.165) is 0 Å². The van der Waals surface area contributed by atoms with Gasteiger partial charge in [-0.1, -0.05) is 33.8 Å². The van der Waals surface area contributed by atoms with E-state index in [0.29, 0.717) is 35.5 Å². The number of benzene rings is 1. The predicted molar refractivity (Wildman–Crippen MR) is 83.9 cm³/mol. The number of sulfonamides is 1. The molecule has 0 aliphatic carbocycles. The topological polar surface area (TPSA) is 72.2 Å². The van der Waals surface area contributed by atoms with Crippen molar-refractivity contribution >= 4 is 15.7 Å². The Balaban J connectivity index is 2.93. The summed E-state index contributed by atoms with van der Waals surface area (Å²) >= 11 is 0. The Kier molecular flexibility index (Phi) is 5.59. The molecule has 0 bridgehead atoms. The van der Waals surface area contributed by atoms with Crippen LogP contribution in [0.15, 0.2) is 23.1 Å². The van der Waals surface area contributed by atoms with Crippen molar-refractivity contribution in [1.82, 2.24) is 4.72 Å². The highest BCUT2D eigenvalue weighted by atomic mass is 32.2. The number of rotatable bonds is 6. The summed E-state index contributed by atoms with van der Waals surface area (Å²) in [5, 5.41) is 0. The number of hydrogen-bond acceptors (Lipinski definition) is 3. The molecule has 0 atom stereocenters. The summed E-state index contributed by atoms with van der Waals surface area (Å²) < 4.78 is 27.5. The van der Waals surface area contributed by atoms with Gasteiger partial charge in [-0.3, -0.25) is 0 Å². The zero-order valence-electron chi connectivity index (χ0n) is 13.0. The van der Waals surface area contributed by atoms with Crippen LogP contribution >= 0.6 is 0 Å². The molecule has 0 spiro atoms. The Morgan fingerprint density at radius 3 is 2.20 bits per heavy atom. The van der Waals surface area contributed by atoms with Crippen LogP contribution in [0.25, 0.3) is 0 Å². The summed E-state index contributed by atoms with van der Waals surface area (Å²) in [7, 11) is -3.51. The standard InChI is InChI=1S/C15H26N2O2S/c1-10(2)14(11(3)4)9-17-20(18,19)15-8-13(16)7-6-12(15)5/h6-8,10-11,14,17H,9,16H2,1-5H3. The summed E-state index contributed by atoms with van der Waals surface area (Å²) in [5.74, 6) is 1.17. The molecule has 4 nitrogen and oxygen atoms in total. The fourth-order valence-corrected chi connectivity index (χ4v) is 3.78. The van der Waals surface area contributed by atoms with Crippen molar-refractivity contribution in [2.24, 2.45) is 17.8 Å². The quantitative estimate of drug-likeness (QED) is 0.793. The Hall–Kier alpha value is -1.07. The molecule has 114 valence electrons. The third kappa shape index (κ3) is 4.21. The molecule has 3 N–H and O–H groups in total. The molecule has 0 amide bonds. The van der Waals surface area contributed by atoms with E-state index in [4.69, 9.17) is 5.73 Å². The van der Waals surface area contributed by atoms with Gasteiger partial charge in [-0.2, -0.15) is 0 Å².